The summed E-state index contributed by atoms with van der Waals surface area (Å²) in [5, 5.41) is 20.9. The molecule has 2 rings (SSSR count). The molecule has 2 aliphatic heterocycles. The maximum absolute atomic E-state index is 13.4. The number of aliphatic hydroxyl groups excluding tert-OH is 2. The summed E-state index contributed by atoms with van der Waals surface area (Å²) >= 11 is 1.09. The molecule has 11 heteroatoms. The fraction of sp³-hybridized carbons (Fsp3) is 0.933. The first-order chi connectivity index (χ1) is 12.2. The van der Waals surface area contributed by atoms with E-state index in [2.05, 4.69) is 4.99 Å². The van der Waals surface area contributed by atoms with Crippen LogP contribution in [0.3, 0.4) is 0 Å². The van der Waals surface area contributed by atoms with Crippen LogP contribution >= 0.6 is 11.8 Å². The Morgan fingerprint density at radius 2 is 1.92 bits per heavy atom. The predicted octanol–water partition coefficient (Wildman–Crippen LogP) is 1.55. The van der Waals surface area contributed by atoms with E-state index in [1.165, 1.54) is 0 Å². The van der Waals surface area contributed by atoms with E-state index in [0.717, 1.165) is 11.8 Å². The monoisotopic (exact) mass is 404 g/mol. The Morgan fingerprint density at radius 3 is 2.50 bits per heavy atom. The first-order valence-corrected chi connectivity index (χ1v) is 9.22. The summed E-state index contributed by atoms with van der Waals surface area (Å²) in [4.78, 5) is 5.86. The molecule has 0 aromatic carbocycles. The van der Waals surface area contributed by atoms with Crippen LogP contribution in [-0.4, -0.2) is 89.7 Å². The summed E-state index contributed by atoms with van der Waals surface area (Å²) in [6.45, 7) is -0.776. The minimum Gasteiger partial charge on any atom is -0.388 e. The van der Waals surface area contributed by atoms with Gasteiger partial charge >= 0.3 is 6.18 Å². The normalized spacial score (nSPS) is 32.9. The van der Waals surface area contributed by atoms with Crippen LogP contribution in [-0.2, 0) is 9.47 Å². The number of thioether (sulfide) groups is 1. The maximum Gasteiger partial charge on any atom is 0.417 e. The van der Waals surface area contributed by atoms with E-state index < -0.39 is 48.7 Å². The number of alkyl halides is 4. The Labute approximate surface area is 153 Å². The molecule has 2 aliphatic rings. The number of unbranched alkanes of at least 4 members (excludes halogenated alkanes) is 2. The third kappa shape index (κ3) is 5.00. The minimum absolute atomic E-state index is 0.243. The number of aliphatic hydroxyl groups is 2. The van der Waals surface area contributed by atoms with Gasteiger partial charge in [0.1, 0.15) is 29.8 Å². The molecule has 0 bridgehead atoms. The van der Waals surface area contributed by atoms with Crippen molar-refractivity contribution < 1.29 is 37.2 Å². The van der Waals surface area contributed by atoms with Gasteiger partial charge in [-0.3, -0.25) is 9.38 Å². The molecular formula is C15H24F4N2O4S. The van der Waals surface area contributed by atoms with Crippen LogP contribution in [0.25, 0.3) is 0 Å². The van der Waals surface area contributed by atoms with Gasteiger partial charge in [0, 0.05) is 20.7 Å². The highest BCUT2D eigenvalue weighted by atomic mass is 32.2. The minimum atomic E-state index is -4.78. The van der Waals surface area contributed by atoms with E-state index in [-0.39, 0.29) is 19.4 Å². The van der Waals surface area contributed by atoms with Crippen molar-refractivity contribution in [1.82, 2.24) is 4.90 Å². The van der Waals surface area contributed by atoms with Gasteiger partial charge < -0.3 is 24.6 Å². The zero-order valence-electron chi connectivity index (χ0n) is 14.5. The van der Waals surface area contributed by atoms with Crippen LogP contribution in [0.4, 0.5) is 17.6 Å². The van der Waals surface area contributed by atoms with Crippen molar-refractivity contribution in [3.05, 3.63) is 0 Å². The molecule has 6 nitrogen and oxygen atoms in total. The molecular weight excluding hydrogens is 380 g/mol. The second-order valence-electron chi connectivity index (χ2n) is 6.45. The number of halogens is 4. The first-order valence-electron chi connectivity index (χ1n) is 8.34. The van der Waals surface area contributed by atoms with Gasteiger partial charge in [-0.25, -0.2) is 0 Å². The molecule has 6 atom stereocenters. The van der Waals surface area contributed by atoms with Crippen LogP contribution in [0, 0.1) is 0 Å². The Morgan fingerprint density at radius 1 is 1.23 bits per heavy atom. The molecule has 1 unspecified atom stereocenters. The molecule has 1 fully saturated rings. The molecule has 0 radical (unpaired) electrons. The molecule has 152 valence electrons. The molecule has 1 saturated heterocycles. The van der Waals surface area contributed by atoms with E-state index in [1.54, 1.807) is 19.0 Å². The highest BCUT2D eigenvalue weighted by Crippen LogP contribution is 2.40. The van der Waals surface area contributed by atoms with Crippen molar-refractivity contribution in [2.24, 2.45) is 4.99 Å². The van der Waals surface area contributed by atoms with Crippen LogP contribution in [0.15, 0.2) is 4.99 Å². The maximum atomic E-state index is 13.4. The average Bonchev–Trinajstić information content (AvgIpc) is 2.98. The summed E-state index contributed by atoms with van der Waals surface area (Å²) in [6, 6.07) is -0.845. The summed E-state index contributed by atoms with van der Waals surface area (Å²) in [6.07, 6.45) is -11.3. The summed E-state index contributed by atoms with van der Waals surface area (Å²) in [7, 11) is 3.42. The van der Waals surface area contributed by atoms with Crippen molar-refractivity contribution in [3.63, 3.8) is 0 Å². The van der Waals surface area contributed by atoms with Crippen LogP contribution in [0.5, 0.6) is 0 Å². The second-order valence-corrected chi connectivity index (χ2v) is 7.51. The Kier molecular flexibility index (Phi) is 7.54. The topological polar surface area (TPSA) is 74.5 Å². The zero-order chi connectivity index (χ0) is 19.5. The van der Waals surface area contributed by atoms with Crippen molar-refractivity contribution in [1.29, 1.82) is 0 Å². The lowest BCUT2D eigenvalue weighted by Crippen LogP contribution is -2.61. The molecule has 2 heterocycles. The number of nitrogens with zero attached hydrogens (tertiary/aromatic N) is 2. The van der Waals surface area contributed by atoms with Gasteiger partial charge in [-0.1, -0.05) is 11.8 Å². The fourth-order valence-electron chi connectivity index (χ4n) is 2.80. The number of ether oxygens (including phenoxy) is 2. The third-order valence-corrected chi connectivity index (χ3v) is 5.47. The highest BCUT2D eigenvalue weighted by molar-refractivity contribution is 8.14. The molecule has 0 spiro atoms. The standard InChI is InChI=1S/C15H24F4N2O4S/c1-21(2)14-20-8-9(22)10(23)11(25-13(8)26-14)12(15(17,18)19)24-7-5-3-4-6-16/h8-13,22-23H,3-7H2,1-2H3/t8-,9-,10+,11?,12+,13-/m1/s1. The van der Waals surface area contributed by atoms with Gasteiger partial charge in [-0.2, -0.15) is 13.2 Å². The molecule has 2 N–H and O–H groups in total. The highest BCUT2D eigenvalue weighted by Gasteiger charge is 2.57. The smallest absolute Gasteiger partial charge is 0.388 e. The number of rotatable bonds is 7. The summed E-state index contributed by atoms with van der Waals surface area (Å²) in [5.41, 5.74) is -0.837. The zero-order valence-corrected chi connectivity index (χ0v) is 15.3. The van der Waals surface area contributed by atoms with E-state index in [1.807, 2.05) is 0 Å². The van der Waals surface area contributed by atoms with Gasteiger partial charge in [-0.05, 0) is 19.3 Å². The van der Waals surface area contributed by atoms with Crippen molar-refractivity contribution >= 4 is 16.9 Å². The van der Waals surface area contributed by atoms with Gasteiger partial charge in [0.15, 0.2) is 11.3 Å². The van der Waals surface area contributed by atoms with E-state index in [9.17, 15) is 27.8 Å². The number of fused-ring (bicyclic) bond motifs is 1. The van der Waals surface area contributed by atoms with Crippen LogP contribution < -0.4 is 0 Å². The average molecular weight is 404 g/mol. The lowest BCUT2D eigenvalue weighted by atomic mass is 9.94. The molecule has 0 aliphatic carbocycles. The van der Waals surface area contributed by atoms with Crippen LogP contribution in [0.2, 0.25) is 0 Å². The quantitative estimate of drug-likeness (QED) is 0.496. The number of hydrogen-bond donors (Lipinski definition) is 2. The second kappa shape index (κ2) is 9.05. The molecule has 0 aromatic heterocycles. The Bertz CT molecular complexity index is 495. The SMILES string of the molecule is CN(C)C1=N[C@@H]2[C@@H](O)[C@H](O)C([C@H](OCCCCCF)C(F)(F)F)O[C@@H]2S1. The van der Waals surface area contributed by atoms with Crippen molar-refractivity contribution in [2.75, 3.05) is 27.4 Å². The van der Waals surface area contributed by atoms with E-state index in [0.29, 0.717) is 11.6 Å². The third-order valence-electron chi connectivity index (χ3n) is 4.17. The van der Waals surface area contributed by atoms with Gasteiger partial charge in [0.2, 0.25) is 0 Å². The number of hydrogen-bond acceptors (Lipinski definition) is 7. The number of amidine groups is 1. The number of aliphatic imine (C=N–C) groups is 1. The molecule has 0 amide bonds. The van der Waals surface area contributed by atoms with Gasteiger partial charge in [0.25, 0.3) is 0 Å². The van der Waals surface area contributed by atoms with E-state index in [4.69, 9.17) is 9.47 Å². The Balaban J connectivity index is 2.06. The fourth-order valence-corrected chi connectivity index (χ4v) is 3.95. The van der Waals surface area contributed by atoms with E-state index >= 15 is 0 Å². The summed E-state index contributed by atoms with van der Waals surface area (Å²) in [5.74, 6) is 0. The first kappa shape index (κ1) is 21.7. The largest absolute Gasteiger partial charge is 0.417 e. The van der Waals surface area contributed by atoms with Gasteiger partial charge in [-0.15, -0.1) is 0 Å². The van der Waals surface area contributed by atoms with Crippen molar-refractivity contribution in [3.8, 4) is 0 Å². The predicted molar refractivity (Wildman–Crippen MR) is 88.8 cm³/mol. The van der Waals surface area contributed by atoms with Gasteiger partial charge in [0.05, 0.1) is 6.67 Å². The lowest BCUT2D eigenvalue weighted by Gasteiger charge is -2.41. The lowest BCUT2D eigenvalue weighted by molar-refractivity contribution is -0.284. The molecule has 0 saturated carbocycles. The van der Waals surface area contributed by atoms with Crippen molar-refractivity contribution in [2.45, 2.75) is 61.3 Å². The van der Waals surface area contributed by atoms with Crippen LogP contribution in [0.1, 0.15) is 19.3 Å². The molecule has 26 heavy (non-hydrogen) atoms. The molecule has 0 aromatic rings. The summed E-state index contributed by atoms with van der Waals surface area (Å²) < 4.78 is 62.7. The Hall–Kier alpha value is -0.620.